The first-order chi connectivity index (χ1) is 13.2. The Kier molecular flexibility index (Phi) is 4.86. The van der Waals surface area contributed by atoms with E-state index in [1.165, 1.54) is 12.5 Å². The van der Waals surface area contributed by atoms with Gasteiger partial charge in [0, 0.05) is 18.0 Å². The van der Waals surface area contributed by atoms with Gasteiger partial charge in [-0.1, -0.05) is 18.6 Å². The number of aromatic hydroxyl groups is 1. The first-order valence-electron chi connectivity index (χ1n) is 9.31. The molecule has 1 N–H and O–H groups in total. The van der Waals surface area contributed by atoms with E-state index in [2.05, 4.69) is 4.90 Å². The van der Waals surface area contributed by atoms with Gasteiger partial charge < -0.3 is 14.3 Å². The Morgan fingerprint density at radius 2 is 1.81 bits per heavy atom. The second-order valence-corrected chi connectivity index (χ2v) is 6.98. The molecule has 140 valence electrons. The zero-order valence-electron chi connectivity index (χ0n) is 15.4. The second kappa shape index (κ2) is 7.45. The number of fused-ring (bicyclic) bond motifs is 1. The van der Waals surface area contributed by atoms with E-state index in [-0.39, 0.29) is 5.75 Å². The Bertz CT molecular complexity index is 1000. The lowest BCUT2D eigenvalue weighted by molar-refractivity contribution is 0.218. The molecule has 3 aromatic rings. The highest BCUT2D eigenvalue weighted by Crippen LogP contribution is 2.34. The lowest BCUT2D eigenvalue weighted by Crippen LogP contribution is -2.29. The van der Waals surface area contributed by atoms with Crippen molar-refractivity contribution in [3.63, 3.8) is 0 Å². The third kappa shape index (κ3) is 3.55. The van der Waals surface area contributed by atoms with Crippen molar-refractivity contribution < 1.29 is 14.3 Å². The maximum atomic E-state index is 12.3. The molecule has 5 heteroatoms. The minimum Gasteiger partial charge on any atom is -0.507 e. The molecule has 2 aromatic carbocycles. The lowest BCUT2D eigenvalue weighted by Gasteiger charge is -2.26. The van der Waals surface area contributed by atoms with E-state index in [1.54, 1.807) is 13.2 Å². The molecular formula is C22H23NO4. The van der Waals surface area contributed by atoms with E-state index in [4.69, 9.17) is 9.15 Å². The number of ether oxygens (including phenoxy) is 1. The first-order valence-corrected chi connectivity index (χ1v) is 9.31. The number of phenolic OH excluding ortho intramolecular Hbond substituents is 1. The SMILES string of the molecule is COc1ccc(-c2cc(=O)oc3c(CN4CCCCC4)c(O)ccc23)cc1. The van der Waals surface area contributed by atoms with Gasteiger partial charge in [0.15, 0.2) is 0 Å². The summed E-state index contributed by atoms with van der Waals surface area (Å²) in [7, 11) is 1.62. The van der Waals surface area contributed by atoms with Crippen LogP contribution in [0.3, 0.4) is 0 Å². The molecule has 0 unspecified atom stereocenters. The number of benzene rings is 2. The highest BCUT2D eigenvalue weighted by atomic mass is 16.5. The maximum Gasteiger partial charge on any atom is 0.336 e. The molecule has 0 aliphatic carbocycles. The Morgan fingerprint density at radius 3 is 2.52 bits per heavy atom. The Labute approximate surface area is 157 Å². The van der Waals surface area contributed by atoms with Crippen LogP contribution in [0, 0.1) is 0 Å². The molecule has 2 heterocycles. The van der Waals surface area contributed by atoms with Gasteiger partial charge in [0.05, 0.1) is 12.7 Å². The van der Waals surface area contributed by atoms with Gasteiger partial charge in [-0.2, -0.15) is 0 Å². The molecule has 0 bridgehead atoms. The van der Waals surface area contributed by atoms with Crippen LogP contribution in [0.4, 0.5) is 0 Å². The molecule has 0 spiro atoms. The summed E-state index contributed by atoms with van der Waals surface area (Å²) >= 11 is 0. The summed E-state index contributed by atoms with van der Waals surface area (Å²) in [4.78, 5) is 14.6. The Balaban J connectivity index is 1.83. The fraction of sp³-hybridized carbons (Fsp3) is 0.318. The molecule has 1 aliphatic rings. The largest absolute Gasteiger partial charge is 0.507 e. The highest BCUT2D eigenvalue weighted by Gasteiger charge is 2.18. The number of piperidine rings is 1. The van der Waals surface area contributed by atoms with E-state index >= 15 is 0 Å². The van der Waals surface area contributed by atoms with E-state index in [0.29, 0.717) is 17.7 Å². The van der Waals surface area contributed by atoms with E-state index in [0.717, 1.165) is 48.2 Å². The van der Waals surface area contributed by atoms with Gasteiger partial charge in [0.1, 0.15) is 17.1 Å². The minimum absolute atomic E-state index is 0.170. The van der Waals surface area contributed by atoms with Crippen molar-refractivity contribution in [2.45, 2.75) is 25.8 Å². The molecule has 1 aliphatic heterocycles. The van der Waals surface area contributed by atoms with Gasteiger partial charge in [-0.05, 0) is 61.3 Å². The molecule has 1 aromatic heterocycles. The topological polar surface area (TPSA) is 62.9 Å². The van der Waals surface area contributed by atoms with Gasteiger partial charge in [-0.3, -0.25) is 4.90 Å². The summed E-state index contributed by atoms with van der Waals surface area (Å²) in [5, 5.41) is 11.3. The van der Waals surface area contributed by atoms with Crippen molar-refractivity contribution in [1.82, 2.24) is 4.90 Å². The fourth-order valence-corrected chi connectivity index (χ4v) is 3.78. The monoisotopic (exact) mass is 365 g/mol. The second-order valence-electron chi connectivity index (χ2n) is 6.98. The standard InChI is InChI=1S/C22H23NO4/c1-26-16-7-5-15(6-8-16)18-13-21(25)27-22-17(18)9-10-20(24)19(22)14-23-11-3-2-4-12-23/h5-10,13,24H,2-4,11-12,14H2,1H3. The van der Waals surface area contributed by atoms with E-state index in [9.17, 15) is 9.90 Å². The fourth-order valence-electron chi connectivity index (χ4n) is 3.78. The van der Waals surface area contributed by atoms with Crippen LogP contribution in [0.15, 0.2) is 51.7 Å². The molecule has 1 fully saturated rings. The van der Waals surface area contributed by atoms with Crippen molar-refractivity contribution >= 4 is 11.0 Å². The predicted octanol–water partition coefficient (Wildman–Crippen LogP) is 4.16. The van der Waals surface area contributed by atoms with Crippen molar-refractivity contribution in [2.24, 2.45) is 0 Å². The van der Waals surface area contributed by atoms with Crippen LogP contribution < -0.4 is 10.4 Å². The van der Waals surface area contributed by atoms with Gasteiger partial charge in [-0.15, -0.1) is 0 Å². The van der Waals surface area contributed by atoms with E-state index < -0.39 is 5.63 Å². The summed E-state index contributed by atoms with van der Waals surface area (Å²) in [6, 6.07) is 12.6. The van der Waals surface area contributed by atoms with Crippen LogP contribution in [-0.4, -0.2) is 30.2 Å². The van der Waals surface area contributed by atoms with Gasteiger partial charge in [-0.25, -0.2) is 4.79 Å². The number of hydrogen-bond acceptors (Lipinski definition) is 5. The molecule has 0 amide bonds. The Hall–Kier alpha value is -2.79. The lowest BCUT2D eigenvalue weighted by atomic mass is 9.99. The number of likely N-dealkylation sites (tertiary alicyclic amines) is 1. The number of rotatable bonds is 4. The van der Waals surface area contributed by atoms with Crippen LogP contribution in [0.1, 0.15) is 24.8 Å². The molecule has 5 nitrogen and oxygen atoms in total. The van der Waals surface area contributed by atoms with Gasteiger partial charge >= 0.3 is 5.63 Å². The molecule has 0 saturated carbocycles. The molecule has 0 atom stereocenters. The van der Waals surface area contributed by atoms with Crippen molar-refractivity contribution in [3.05, 3.63) is 58.4 Å². The molecule has 4 rings (SSSR count). The third-order valence-corrected chi connectivity index (χ3v) is 5.22. The molecule has 27 heavy (non-hydrogen) atoms. The number of methoxy groups -OCH3 is 1. The third-order valence-electron chi connectivity index (χ3n) is 5.22. The number of phenols is 1. The van der Waals surface area contributed by atoms with Crippen LogP contribution in [0.25, 0.3) is 22.1 Å². The van der Waals surface area contributed by atoms with Crippen molar-refractivity contribution in [3.8, 4) is 22.6 Å². The highest BCUT2D eigenvalue weighted by molar-refractivity contribution is 5.95. The summed E-state index contributed by atoms with van der Waals surface area (Å²) in [5.41, 5.74) is 2.44. The van der Waals surface area contributed by atoms with Crippen LogP contribution in [0.5, 0.6) is 11.5 Å². The summed E-state index contributed by atoms with van der Waals surface area (Å²) in [5.74, 6) is 0.928. The molecular weight excluding hydrogens is 342 g/mol. The van der Waals surface area contributed by atoms with Gasteiger partial charge in [0.25, 0.3) is 0 Å². The van der Waals surface area contributed by atoms with Crippen molar-refractivity contribution in [1.29, 1.82) is 0 Å². The normalized spacial score (nSPS) is 15.1. The predicted molar refractivity (Wildman–Crippen MR) is 105 cm³/mol. The Morgan fingerprint density at radius 1 is 1.07 bits per heavy atom. The van der Waals surface area contributed by atoms with Crippen LogP contribution in [-0.2, 0) is 6.54 Å². The summed E-state index contributed by atoms with van der Waals surface area (Å²) in [6.07, 6.45) is 3.56. The van der Waals surface area contributed by atoms with Crippen LogP contribution >= 0.6 is 0 Å². The van der Waals surface area contributed by atoms with Gasteiger partial charge in [0.2, 0.25) is 0 Å². The zero-order valence-corrected chi connectivity index (χ0v) is 15.4. The van der Waals surface area contributed by atoms with E-state index in [1.807, 2.05) is 30.3 Å². The van der Waals surface area contributed by atoms with Crippen LogP contribution in [0.2, 0.25) is 0 Å². The summed E-state index contributed by atoms with van der Waals surface area (Å²) in [6.45, 7) is 2.58. The molecule has 1 saturated heterocycles. The number of nitrogens with zero attached hydrogens (tertiary/aromatic N) is 1. The zero-order chi connectivity index (χ0) is 18.8. The quantitative estimate of drug-likeness (QED) is 0.704. The summed E-state index contributed by atoms with van der Waals surface area (Å²) < 4.78 is 10.8. The maximum absolute atomic E-state index is 12.3. The van der Waals surface area contributed by atoms with Crippen molar-refractivity contribution in [2.75, 3.05) is 20.2 Å². The average molecular weight is 365 g/mol. The first kappa shape index (κ1) is 17.6. The average Bonchev–Trinajstić information content (AvgIpc) is 2.70. The smallest absolute Gasteiger partial charge is 0.336 e. The number of hydrogen-bond donors (Lipinski definition) is 1. The molecule has 0 radical (unpaired) electrons. The minimum atomic E-state index is -0.418.